The Morgan fingerprint density at radius 2 is 1.08 bits per heavy atom. The number of nitrogens with two attached hydrogens (primary N) is 1. The minimum Gasteiger partial charge on any atom is -0.320 e. The summed E-state index contributed by atoms with van der Waals surface area (Å²) in [6, 6.07) is 0. The maximum atomic E-state index is 6.50. The van der Waals surface area contributed by atoms with Crippen LogP contribution in [0.2, 0.25) is 0 Å². The molecule has 0 saturated heterocycles. The van der Waals surface area contributed by atoms with Crippen molar-refractivity contribution in [1.29, 1.82) is 0 Å². The largest absolute Gasteiger partial charge is 0.320 e. The van der Waals surface area contributed by atoms with E-state index >= 15 is 0 Å². The average molecular weight is 238 g/mol. The summed E-state index contributed by atoms with van der Waals surface area (Å²) in [7, 11) is 0. The van der Waals surface area contributed by atoms with Crippen molar-refractivity contribution < 1.29 is 5.21 Å². The molecule has 3 nitrogen and oxygen atoms in total. The standard InChI is InChI=1S/C6H12Cl3N.H3NO/c7-1-4-10(5-2-8)6-3-9;1-2/h1-6H2;2H,1H2. The van der Waals surface area contributed by atoms with E-state index in [-0.39, 0.29) is 0 Å². The summed E-state index contributed by atoms with van der Waals surface area (Å²) in [4.78, 5) is 2.15. The minimum absolute atomic E-state index is 0.647. The highest BCUT2D eigenvalue weighted by molar-refractivity contribution is 6.18. The maximum Gasteiger partial charge on any atom is 0.0351 e. The predicted molar refractivity (Wildman–Crippen MR) is 54.6 cm³/mol. The zero-order valence-electron chi connectivity index (χ0n) is 6.85. The smallest absolute Gasteiger partial charge is 0.0351 e. The Morgan fingerprint density at radius 3 is 1.25 bits per heavy atom. The lowest BCUT2D eigenvalue weighted by atomic mass is 10.5. The SMILES string of the molecule is ClCCN(CCCl)CCCl.NO. The van der Waals surface area contributed by atoms with E-state index in [2.05, 4.69) is 10.8 Å². The summed E-state index contributed by atoms with van der Waals surface area (Å²) < 4.78 is 0. The first-order valence-corrected chi connectivity index (χ1v) is 5.11. The van der Waals surface area contributed by atoms with Crippen molar-refractivity contribution in [2.24, 2.45) is 5.90 Å². The van der Waals surface area contributed by atoms with E-state index in [1.54, 1.807) is 0 Å². The lowest BCUT2D eigenvalue weighted by Gasteiger charge is -2.17. The van der Waals surface area contributed by atoms with Crippen LogP contribution >= 0.6 is 34.8 Å². The molecule has 0 amide bonds. The summed E-state index contributed by atoms with van der Waals surface area (Å²) in [5, 5.41) is 6.50. The summed E-state index contributed by atoms with van der Waals surface area (Å²) >= 11 is 16.6. The molecular weight excluding hydrogens is 222 g/mol. The van der Waals surface area contributed by atoms with Crippen molar-refractivity contribution in [2.75, 3.05) is 37.3 Å². The Kier molecular flexibility index (Phi) is 18.1. The monoisotopic (exact) mass is 236 g/mol. The van der Waals surface area contributed by atoms with Gasteiger partial charge in [-0.05, 0) is 0 Å². The molecule has 12 heavy (non-hydrogen) atoms. The van der Waals surface area contributed by atoms with Crippen molar-refractivity contribution in [3.05, 3.63) is 0 Å². The molecule has 0 aliphatic heterocycles. The van der Waals surface area contributed by atoms with Crippen molar-refractivity contribution in [1.82, 2.24) is 4.90 Å². The van der Waals surface area contributed by atoms with E-state index in [0.29, 0.717) is 17.6 Å². The number of hydrogen-bond acceptors (Lipinski definition) is 3. The van der Waals surface area contributed by atoms with Crippen molar-refractivity contribution in [2.45, 2.75) is 0 Å². The summed E-state index contributed by atoms with van der Waals surface area (Å²) in [6.45, 7) is 2.63. The highest BCUT2D eigenvalue weighted by Gasteiger charge is 2.00. The van der Waals surface area contributed by atoms with Crippen LogP contribution in [0.15, 0.2) is 0 Å². The molecule has 3 N–H and O–H groups in total. The fourth-order valence-corrected chi connectivity index (χ4v) is 1.41. The first kappa shape index (κ1) is 15.2. The highest BCUT2D eigenvalue weighted by atomic mass is 35.5. The van der Waals surface area contributed by atoms with E-state index in [4.69, 9.17) is 40.0 Å². The summed E-state index contributed by atoms with van der Waals surface area (Å²) in [6.07, 6.45) is 0. The Balaban J connectivity index is 0. The van der Waals surface area contributed by atoms with Gasteiger partial charge in [-0.15, -0.1) is 34.8 Å². The lowest BCUT2D eigenvalue weighted by Crippen LogP contribution is -2.29. The van der Waals surface area contributed by atoms with E-state index in [1.807, 2.05) is 0 Å². The van der Waals surface area contributed by atoms with Crippen LogP contribution in [-0.2, 0) is 0 Å². The van der Waals surface area contributed by atoms with Gasteiger partial charge in [0.2, 0.25) is 0 Å². The van der Waals surface area contributed by atoms with Crippen LogP contribution < -0.4 is 5.90 Å². The number of rotatable bonds is 6. The van der Waals surface area contributed by atoms with Crippen LogP contribution in [0, 0.1) is 0 Å². The number of nitrogens with zero attached hydrogens (tertiary/aromatic N) is 1. The molecule has 0 aromatic heterocycles. The molecule has 0 spiro atoms. The molecule has 0 atom stereocenters. The second kappa shape index (κ2) is 14.3. The predicted octanol–water partition coefficient (Wildman–Crippen LogP) is 1.34. The third-order valence-corrected chi connectivity index (χ3v) is 1.71. The first-order chi connectivity index (χ1) is 5.85. The zero-order chi connectivity index (χ0) is 9.82. The van der Waals surface area contributed by atoms with Gasteiger partial charge in [-0.2, -0.15) is 0 Å². The van der Waals surface area contributed by atoms with Crippen LogP contribution in [0.4, 0.5) is 0 Å². The molecule has 0 saturated carbocycles. The maximum absolute atomic E-state index is 6.50. The van der Waals surface area contributed by atoms with Gasteiger partial charge >= 0.3 is 0 Å². The van der Waals surface area contributed by atoms with Crippen LogP contribution in [0.25, 0.3) is 0 Å². The van der Waals surface area contributed by atoms with E-state index < -0.39 is 0 Å². The van der Waals surface area contributed by atoms with E-state index in [0.717, 1.165) is 19.6 Å². The first-order valence-electron chi connectivity index (χ1n) is 3.51. The van der Waals surface area contributed by atoms with Gasteiger partial charge in [0.1, 0.15) is 0 Å². The van der Waals surface area contributed by atoms with Gasteiger partial charge in [-0.25, -0.2) is 5.90 Å². The van der Waals surface area contributed by atoms with E-state index in [9.17, 15) is 0 Å². The fourth-order valence-electron chi connectivity index (χ4n) is 0.694. The van der Waals surface area contributed by atoms with E-state index in [1.165, 1.54) is 0 Å². The zero-order valence-corrected chi connectivity index (χ0v) is 9.12. The number of halogens is 3. The van der Waals surface area contributed by atoms with Gasteiger partial charge in [0.25, 0.3) is 0 Å². The molecule has 0 aromatic carbocycles. The van der Waals surface area contributed by atoms with Crippen LogP contribution in [0.5, 0.6) is 0 Å². The molecule has 0 radical (unpaired) electrons. The Bertz CT molecular complexity index is 63.5. The Hall–Kier alpha value is 0.750. The third-order valence-electron chi connectivity index (χ3n) is 1.20. The van der Waals surface area contributed by atoms with Gasteiger partial charge in [0.05, 0.1) is 0 Å². The van der Waals surface area contributed by atoms with Gasteiger partial charge in [-0.3, -0.25) is 4.90 Å². The molecule has 6 heteroatoms. The molecule has 0 unspecified atom stereocenters. The second-order valence-corrected chi connectivity index (χ2v) is 3.04. The van der Waals surface area contributed by atoms with Crippen LogP contribution in [0.1, 0.15) is 0 Å². The normalized spacial score (nSPS) is 9.50. The van der Waals surface area contributed by atoms with Gasteiger partial charge < -0.3 is 5.21 Å². The second-order valence-electron chi connectivity index (χ2n) is 1.91. The van der Waals surface area contributed by atoms with Gasteiger partial charge in [0, 0.05) is 37.3 Å². The quantitative estimate of drug-likeness (QED) is 0.541. The van der Waals surface area contributed by atoms with Gasteiger partial charge in [-0.1, -0.05) is 0 Å². The molecule has 0 aliphatic rings. The summed E-state index contributed by atoms with van der Waals surface area (Å²) in [5.74, 6) is 5.44. The van der Waals surface area contributed by atoms with Crippen LogP contribution in [-0.4, -0.2) is 47.4 Å². The molecule has 76 valence electrons. The molecule has 0 aromatic rings. The fraction of sp³-hybridized carbons (Fsp3) is 1.00. The topological polar surface area (TPSA) is 49.5 Å². The van der Waals surface area contributed by atoms with Crippen LogP contribution in [0.3, 0.4) is 0 Å². The molecule has 0 heterocycles. The highest BCUT2D eigenvalue weighted by Crippen LogP contribution is 1.92. The molecule has 0 rings (SSSR count). The number of alkyl halides is 3. The van der Waals surface area contributed by atoms with Crippen molar-refractivity contribution in [3.8, 4) is 0 Å². The lowest BCUT2D eigenvalue weighted by molar-refractivity contribution is 0.311. The van der Waals surface area contributed by atoms with Gasteiger partial charge in [0.15, 0.2) is 0 Å². The van der Waals surface area contributed by atoms with Crippen molar-refractivity contribution >= 4 is 34.8 Å². The molecule has 0 bridgehead atoms. The summed E-state index contributed by atoms with van der Waals surface area (Å²) in [5.41, 5.74) is 0. The molecule has 0 fully saturated rings. The Labute approximate surface area is 88.3 Å². The average Bonchev–Trinajstić information content (AvgIpc) is 2.10. The molecule has 0 aliphatic carbocycles. The van der Waals surface area contributed by atoms with Crippen molar-refractivity contribution in [3.63, 3.8) is 0 Å². The number of hydrogen-bond donors (Lipinski definition) is 2. The Morgan fingerprint density at radius 1 is 0.833 bits per heavy atom. The minimum atomic E-state index is 0.647. The molecular formula is C6H15Cl3N2O. The third kappa shape index (κ3) is 10.8.